The van der Waals surface area contributed by atoms with Gasteiger partial charge in [-0.25, -0.2) is 0 Å². The molecule has 1 radical (unpaired) electrons. The van der Waals surface area contributed by atoms with E-state index in [1.807, 2.05) is 18.5 Å². The highest BCUT2D eigenvalue weighted by atomic mass is 15.0. The van der Waals surface area contributed by atoms with E-state index in [1.165, 1.54) is 47.8 Å². The Morgan fingerprint density at radius 2 is 1.95 bits per heavy atom. The zero-order valence-corrected chi connectivity index (χ0v) is 11.5. The zero-order chi connectivity index (χ0) is 13.4. The molecule has 2 nitrogen and oxygen atoms in total. The van der Waals surface area contributed by atoms with E-state index in [9.17, 15) is 0 Å². The lowest BCUT2D eigenvalue weighted by molar-refractivity contribution is 0.638. The average Bonchev–Trinajstić information content (AvgIpc) is 2.84. The van der Waals surface area contributed by atoms with Crippen molar-refractivity contribution in [2.24, 2.45) is 0 Å². The van der Waals surface area contributed by atoms with Crippen LogP contribution < -0.4 is 0 Å². The van der Waals surface area contributed by atoms with Crippen molar-refractivity contribution in [1.82, 2.24) is 9.55 Å². The molecule has 1 aromatic carbocycles. The molecule has 3 aromatic rings. The summed E-state index contributed by atoms with van der Waals surface area (Å²) in [5.74, 6) is 0. The van der Waals surface area contributed by atoms with Crippen molar-refractivity contribution < 1.29 is 0 Å². The highest BCUT2D eigenvalue weighted by molar-refractivity contribution is 5.85. The summed E-state index contributed by atoms with van der Waals surface area (Å²) < 4.78 is 2.49. The Hall–Kier alpha value is -2.09. The second-order valence-electron chi connectivity index (χ2n) is 5.52. The highest BCUT2D eigenvalue weighted by Gasteiger charge is 2.19. The van der Waals surface area contributed by atoms with E-state index in [0.29, 0.717) is 0 Å². The number of hydrogen-bond donors (Lipinski definition) is 0. The summed E-state index contributed by atoms with van der Waals surface area (Å²) in [6.07, 6.45) is 8.80. The van der Waals surface area contributed by atoms with Gasteiger partial charge in [-0.15, -0.1) is 0 Å². The fourth-order valence-electron chi connectivity index (χ4n) is 3.37. The van der Waals surface area contributed by atoms with Crippen molar-refractivity contribution in [1.29, 1.82) is 0 Å². The molecule has 0 saturated carbocycles. The average molecular weight is 261 g/mol. The van der Waals surface area contributed by atoms with Crippen LogP contribution in [-0.4, -0.2) is 9.55 Å². The fraction of sp³-hybridized carbons (Fsp3) is 0.278. The molecule has 99 valence electrons. The minimum atomic E-state index is 0.943. The van der Waals surface area contributed by atoms with E-state index in [0.717, 1.165) is 6.54 Å². The van der Waals surface area contributed by atoms with E-state index in [4.69, 9.17) is 0 Å². The van der Waals surface area contributed by atoms with Gasteiger partial charge in [-0.1, -0.05) is 6.07 Å². The Kier molecular flexibility index (Phi) is 2.80. The molecular weight excluding hydrogens is 244 g/mol. The molecule has 1 aliphatic rings. The first kappa shape index (κ1) is 11.7. The summed E-state index contributed by atoms with van der Waals surface area (Å²) in [5.41, 5.74) is 5.75. The van der Waals surface area contributed by atoms with Gasteiger partial charge in [0.1, 0.15) is 0 Å². The SMILES string of the molecule is [c]1ccc2c(c1)c1c(n2Cc2ccncc2)CCCC1. The number of hydrogen-bond acceptors (Lipinski definition) is 1. The van der Waals surface area contributed by atoms with Crippen LogP contribution in [0.5, 0.6) is 0 Å². The molecule has 2 aromatic heterocycles. The van der Waals surface area contributed by atoms with Gasteiger partial charge < -0.3 is 4.57 Å². The van der Waals surface area contributed by atoms with E-state index in [2.05, 4.69) is 39.9 Å². The second kappa shape index (κ2) is 4.78. The first-order valence-corrected chi connectivity index (χ1v) is 7.32. The van der Waals surface area contributed by atoms with Crippen LogP contribution in [0.15, 0.2) is 42.7 Å². The van der Waals surface area contributed by atoms with Crippen molar-refractivity contribution in [3.8, 4) is 0 Å². The molecule has 2 heteroatoms. The molecule has 0 atom stereocenters. The summed E-state index contributed by atoms with van der Waals surface area (Å²) >= 11 is 0. The number of nitrogens with zero attached hydrogens (tertiary/aromatic N) is 2. The molecule has 0 saturated heterocycles. The van der Waals surface area contributed by atoms with Crippen LogP contribution in [0.1, 0.15) is 29.7 Å². The molecule has 0 bridgehead atoms. The van der Waals surface area contributed by atoms with Gasteiger partial charge in [-0.2, -0.15) is 0 Å². The summed E-state index contributed by atoms with van der Waals surface area (Å²) in [7, 11) is 0. The Morgan fingerprint density at radius 1 is 1.10 bits per heavy atom. The van der Waals surface area contributed by atoms with E-state index in [1.54, 1.807) is 5.56 Å². The van der Waals surface area contributed by atoms with E-state index >= 15 is 0 Å². The van der Waals surface area contributed by atoms with Gasteiger partial charge in [0.15, 0.2) is 0 Å². The predicted octanol–water partition coefficient (Wildman–Crippen LogP) is 3.76. The van der Waals surface area contributed by atoms with Crippen LogP contribution in [0.3, 0.4) is 0 Å². The standard InChI is InChI=1S/C18H17N2/c1-3-7-17-15(5-1)16-6-2-4-8-18(16)20(17)13-14-9-11-19-12-10-14/h4,6,8-12H,1,3,5,7,13H2. The highest BCUT2D eigenvalue weighted by Crippen LogP contribution is 2.32. The molecule has 20 heavy (non-hydrogen) atoms. The lowest BCUT2D eigenvalue weighted by Gasteiger charge is -2.16. The Bertz CT molecular complexity index is 741. The van der Waals surface area contributed by atoms with Crippen LogP contribution >= 0.6 is 0 Å². The molecule has 0 amide bonds. The maximum atomic E-state index is 4.11. The van der Waals surface area contributed by atoms with Crippen molar-refractivity contribution in [3.05, 3.63) is 65.6 Å². The first-order chi connectivity index (χ1) is 9.93. The van der Waals surface area contributed by atoms with Gasteiger partial charge in [-0.05, 0) is 67.1 Å². The van der Waals surface area contributed by atoms with Crippen LogP contribution in [-0.2, 0) is 19.4 Å². The molecular formula is C18H17N2. The van der Waals surface area contributed by atoms with Crippen molar-refractivity contribution in [2.75, 3.05) is 0 Å². The fourth-order valence-corrected chi connectivity index (χ4v) is 3.37. The molecule has 2 heterocycles. The quantitative estimate of drug-likeness (QED) is 0.686. The largest absolute Gasteiger partial charge is 0.340 e. The second-order valence-corrected chi connectivity index (χ2v) is 5.52. The smallest absolute Gasteiger partial charge is 0.0488 e. The van der Waals surface area contributed by atoms with Crippen LogP contribution in [0, 0.1) is 6.07 Å². The van der Waals surface area contributed by atoms with E-state index < -0.39 is 0 Å². The zero-order valence-electron chi connectivity index (χ0n) is 11.5. The Morgan fingerprint density at radius 3 is 2.85 bits per heavy atom. The number of benzene rings is 1. The molecule has 4 rings (SSSR count). The maximum absolute atomic E-state index is 4.11. The van der Waals surface area contributed by atoms with Crippen molar-refractivity contribution in [3.63, 3.8) is 0 Å². The Balaban J connectivity index is 1.89. The summed E-state index contributed by atoms with van der Waals surface area (Å²) in [6.45, 7) is 0.943. The van der Waals surface area contributed by atoms with Gasteiger partial charge in [0, 0.05) is 35.5 Å². The molecule has 0 spiro atoms. The van der Waals surface area contributed by atoms with Gasteiger partial charge >= 0.3 is 0 Å². The monoisotopic (exact) mass is 261 g/mol. The minimum absolute atomic E-state index is 0.943. The summed E-state index contributed by atoms with van der Waals surface area (Å²) in [6, 6.07) is 13.8. The normalized spacial score (nSPS) is 14.4. The minimum Gasteiger partial charge on any atom is -0.340 e. The Labute approximate surface area is 119 Å². The van der Waals surface area contributed by atoms with E-state index in [-0.39, 0.29) is 0 Å². The summed E-state index contributed by atoms with van der Waals surface area (Å²) in [5, 5.41) is 1.40. The molecule has 0 N–H and O–H groups in total. The third kappa shape index (κ3) is 1.83. The van der Waals surface area contributed by atoms with Gasteiger partial charge in [0.05, 0.1) is 0 Å². The molecule has 0 fully saturated rings. The molecule has 1 aliphatic carbocycles. The van der Waals surface area contributed by atoms with Crippen molar-refractivity contribution in [2.45, 2.75) is 32.2 Å². The van der Waals surface area contributed by atoms with Crippen LogP contribution in [0.2, 0.25) is 0 Å². The summed E-state index contributed by atoms with van der Waals surface area (Å²) in [4.78, 5) is 4.11. The van der Waals surface area contributed by atoms with Crippen LogP contribution in [0.25, 0.3) is 10.9 Å². The van der Waals surface area contributed by atoms with Crippen LogP contribution in [0.4, 0.5) is 0 Å². The lowest BCUT2D eigenvalue weighted by Crippen LogP contribution is -2.09. The van der Waals surface area contributed by atoms with Crippen molar-refractivity contribution >= 4 is 10.9 Å². The number of aryl methyl sites for hydroxylation is 1. The number of rotatable bonds is 2. The predicted molar refractivity (Wildman–Crippen MR) is 80.8 cm³/mol. The first-order valence-electron chi connectivity index (χ1n) is 7.32. The number of pyridine rings is 1. The number of fused-ring (bicyclic) bond motifs is 3. The molecule has 0 unspecified atom stereocenters. The van der Waals surface area contributed by atoms with Gasteiger partial charge in [0.2, 0.25) is 0 Å². The topological polar surface area (TPSA) is 17.8 Å². The molecule has 0 aliphatic heterocycles. The third-order valence-electron chi connectivity index (χ3n) is 4.31. The lowest BCUT2D eigenvalue weighted by atomic mass is 9.95. The number of aromatic nitrogens is 2. The third-order valence-corrected chi connectivity index (χ3v) is 4.31. The van der Waals surface area contributed by atoms with Gasteiger partial charge in [0.25, 0.3) is 0 Å². The van der Waals surface area contributed by atoms with Gasteiger partial charge in [-0.3, -0.25) is 4.98 Å². The maximum Gasteiger partial charge on any atom is 0.0488 e.